The van der Waals surface area contributed by atoms with E-state index in [9.17, 15) is 4.79 Å². The number of H-pyrrole nitrogens is 1. The number of nitrogens with one attached hydrogen (secondary N) is 1. The van der Waals surface area contributed by atoms with Crippen LogP contribution in [0, 0.1) is 5.92 Å². The van der Waals surface area contributed by atoms with Crippen LogP contribution < -0.4 is 4.90 Å². The molecule has 0 saturated heterocycles. The summed E-state index contributed by atoms with van der Waals surface area (Å²) in [7, 11) is -0.733. The van der Waals surface area contributed by atoms with Crippen LogP contribution in [0.4, 0.5) is 5.82 Å². The minimum Gasteiger partial charge on any atom is -0.469 e. The van der Waals surface area contributed by atoms with E-state index in [4.69, 9.17) is 14.1 Å². The molecule has 194 valence electrons. The van der Waals surface area contributed by atoms with E-state index < -0.39 is 20.3 Å². The smallest absolute Gasteiger partial charge is 0.313 e. The Kier molecular flexibility index (Phi) is 6.62. The monoisotopic (exact) mass is 515 g/mol. The quantitative estimate of drug-likeness (QED) is 0.231. The number of fused-ring (bicyclic) bond motifs is 3. The highest BCUT2D eigenvalue weighted by Gasteiger charge is 2.46. The fraction of sp³-hybridized carbons (Fsp3) is 0.400. The molecule has 2 atom stereocenters. The number of ether oxygens (including phenoxy) is 1. The zero-order chi connectivity index (χ0) is 26.4. The van der Waals surface area contributed by atoms with Gasteiger partial charge in [0.15, 0.2) is 8.32 Å². The van der Waals surface area contributed by atoms with Gasteiger partial charge in [-0.25, -0.2) is 4.98 Å². The summed E-state index contributed by atoms with van der Waals surface area (Å²) in [5.74, 6) is 0.231. The van der Waals surface area contributed by atoms with Crippen LogP contribution in [-0.4, -0.2) is 44.5 Å². The lowest BCUT2D eigenvalue weighted by Crippen LogP contribution is -2.49. The Hall–Kier alpha value is -3.16. The molecule has 0 bridgehead atoms. The first-order chi connectivity index (χ1) is 17.6. The van der Waals surface area contributed by atoms with Crippen LogP contribution in [0.5, 0.6) is 0 Å². The number of aromatic nitrogens is 2. The number of anilines is 1. The van der Waals surface area contributed by atoms with E-state index in [0.29, 0.717) is 6.54 Å². The van der Waals surface area contributed by atoms with Crippen molar-refractivity contribution in [2.75, 3.05) is 25.1 Å². The van der Waals surface area contributed by atoms with E-state index in [1.54, 1.807) is 0 Å². The number of rotatable bonds is 6. The van der Waals surface area contributed by atoms with Crippen molar-refractivity contribution in [3.05, 3.63) is 71.9 Å². The van der Waals surface area contributed by atoms with E-state index in [-0.39, 0.29) is 11.0 Å². The Morgan fingerprint density at radius 2 is 1.78 bits per heavy atom. The molecule has 4 aromatic rings. The van der Waals surface area contributed by atoms with Crippen molar-refractivity contribution in [2.45, 2.75) is 51.4 Å². The van der Waals surface area contributed by atoms with E-state index >= 15 is 0 Å². The van der Waals surface area contributed by atoms with Crippen LogP contribution in [0.1, 0.15) is 38.1 Å². The van der Waals surface area contributed by atoms with Crippen molar-refractivity contribution in [3.63, 3.8) is 0 Å². The largest absolute Gasteiger partial charge is 0.469 e. The fourth-order valence-corrected chi connectivity index (χ4v) is 6.21. The molecule has 3 heterocycles. The average Bonchev–Trinajstić information content (AvgIpc) is 3.29. The number of benzene rings is 2. The first-order valence-electron chi connectivity index (χ1n) is 13.0. The lowest BCUT2D eigenvalue weighted by Gasteiger charge is -2.45. The minimum atomic E-state index is -2.20. The number of hydrogen-bond donors (Lipinski definition) is 1. The lowest BCUT2D eigenvalue weighted by molar-refractivity contribution is -0.149. The Morgan fingerprint density at radius 1 is 1.08 bits per heavy atom. The molecular formula is C30H37N3O3Si. The predicted molar refractivity (Wildman–Crippen MR) is 152 cm³/mol. The highest BCUT2D eigenvalue weighted by Crippen LogP contribution is 2.46. The van der Waals surface area contributed by atoms with Gasteiger partial charge in [-0.2, -0.15) is 0 Å². The van der Waals surface area contributed by atoms with Gasteiger partial charge in [-0.15, -0.1) is 0 Å². The molecule has 0 spiro atoms. The Balaban J connectivity index is 1.56. The van der Waals surface area contributed by atoms with Gasteiger partial charge >= 0.3 is 5.97 Å². The standard InChI is InChI=1S/C30H37N3O3Si/c1-30(2,3)37(5,6)36-27-23-18-21-12-8-10-14-26(21)32-28(23)33(19-24(27)29(34)35-4)16-15-22-17-20-11-7-9-13-25(20)31-22/h7-14,17-18,24,27,31H,15-16,19H2,1-6H3/t24-,27+/m0/s1. The van der Waals surface area contributed by atoms with Crippen molar-refractivity contribution in [3.8, 4) is 0 Å². The normalized spacial score (nSPS) is 18.3. The number of para-hydroxylation sites is 2. The second-order valence-electron chi connectivity index (χ2n) is 11.6. The van der Waals surface area contributed by atoms with Crippen molar-refractivity contribution in [2.24, 2.45) is 5.92 Å². The Labute approximate surface area is 220 Å². The Bertz CT molecular complexity index is 1410. The molecule has 0 saturated carbocycles. The summed E-state index contributed by atoms with van der Waals surface area (Å²) in [6.07, 6.45) is 0.411. The van der Waals surface area contributed by atoms with Crippen molar-refractivity contribution < 1.29 is 14.0 Å². The number of hydrogen-bond acceptors (Lipinski definition) is 5. The molecule has 1 N–H and O–H groups in total. The van der Waals surface area contributed by atoms with Gasteiger partial charge in [0.2, 0.25) is 0 Å². The Morgan fingerprint density at radius 3 is 2.49 bits per heavy atom. The van der Waals surface area contributed by atoms with Crippen LogP contribution in [0.25, 0.3) is 21.8 Å². The van der Waals surface area contributed by atoms with Gasteiger partial charge in [0.25, 0.3) is 0 Å². The van der Waals surface area contributed by atoms with Crippen LogP contribution in [-0.2, 0) is 20.4 Å². The third-order valence-electron chi connectivity index (χ3n) is 8.09. The molecular weight excluding hydrogens is 478 g/mol. The van der Waals surface area contributed by atoms with Crippen molar-refractivity contribution in [1.82, 2.24) is 9.97 Å². The first kappa shape index (κ1) is 25.5. The van der Waals surface area contributed by atoms with E-state index in [2.05, 4.69) is 80.1 Å². The van der Waals surface area contributed by atoms with Gasteiger partial charge in [0.05, 0.1) is 18.7 Å². The minimum absolute atomic E-state index is 0.00483. The molecule has 5 rings (SSSR count). The van der Waals surface area contributed by atoms with E-state index in [1.165, 1.54) is 12.5 Å². The fourth-order valence-electron chi connectivity index (χ4n) is 4.93. The van der Waals surface area contributed by atoms with Crippen molar-refractivity contribution in [1.29, 1.82) is 0 Å². The van der Waals surface area contributed by atoms with Gasteiger partial charge < -0.3 is 19.0 Å². The molecule has 1 aliphatic heterocycles. The molecule has 7 heteroatoms. The van der Waals surface area contributed by atoms with E-state index in [0.717, 1.165) is 46.5 Å². The van der Waals surface area contributed by atoms with Crippen LogP contribution in [0.15, 0.2) is 60.7 Å². The summed E-state index contributed by atoms with van der Waals surface area (Å²) in [6.45, 7) is 12.4. The van der Waals surface area contributed by atoms with E-state index in [1.807, 2.05) is 24.3 Å². The number of carbonyl (C=O) groups excluding carboxylic acids is 1. The lowest BCUT2D eigenvalue weighted by atomic mass is 9.90. The third-order valence-corrected chi connectivity index (χ3v) is 12.5. The number of aromatic amines is 1. The summed E-state index contributed by atoms with van der Waals surface area (Å²) >= 11 is 0. The number of carbonyl (C=O) groups is 1. The highest BCUT2D eigenvalue weighted by molar-refractivity contribution is 6.74. The van der Waals surface area contributed by atoms with Gasteiger partial charge in [0.1, 0.15) is 11.7 Å². The number of nitrogens with zero attached hydrogens (tertiary/aromatic N) is 2. The molecule has 0 fully saturated rings. The van der Waals surface area contributed by atoms with Gasteiger partial charge in [-0.05, 0) is 47.8 Å². The maximum atomic E-state index is 13.2. The number of methoxy groups -OCH3 is 1. The molecule has 0 aliphatic carbocycles. The van der Waals surface area contributed by atoms with Gasteiger partial charge in [-0.1, -0.05) is 57.2 Å². The second-order valence-corrected chi connectivity index (χ2v) is 16.4. The molecule has 0 radical (unpaired) electrons. The summed E-state index contributed by atoms with van der Waals surface area (Å²) in [5, 5.41) is 2.26. The first-order valence-corrected chi connectivity index (χ1v) is 15.9. The summed E-state index contributed by atoms with van der Waals surface area (Å²) in [5.41, 5.74) is 4.22. The summed E-state index contributed by atoms with van der Waals surface area (Å²) in [4.78, 5) is 24.1. The maximum absolute atomic E-state index is 13.2. The topological polar surface area (TPSA) is 67.5 Å². The van der Waals surface area contributed by atoms with Crippen molar-refractivity contribution >= 4 is 41.9 Å². The van der Waals surface area contributed by atoms with Crippen LogP contribution in [0.2, 0.25) is 18.1 Å². The van der Waals surface area contributed by atoms with Gasteiger partial charge in [0, 0.05) is 41.7 Å². The molecule has 0 amide bonds. The molecule has 0 unspecified atom stereocenters. The second kappa shape index (κ2) is 9.61. The SMILES string of the molecule is COC(=O)[C@H]1CN(CCc2cc3ccccc3[nH]2)c2nc3ccccc3cc2[C@H]1O[Si](C)(C)C(C)(C)C. The molecule has 6 nitrogen and oxygen atoms in total. The molecule has 2 aromatic heterocycles. The summed E-state index contributed by atoms with van der Waals surface area (Å²) in [6, 6.07) is 20.8. The maximum Gasteiger partial charge on any atom is 0.313 e. The molecule has 2 aromatic carbocycles. The molecule has 1 aliphatic rings. The third kappa shape index (κ3) is 4.90. The predicted octanol–water partition coefficient (Wildman–Crippen LogP) is 6.63. The zero-order valence-corrected chi connectivity index (χ0v) is 23.7. The van der Waals surface area contributed by atoms with Gasteiger partial charge in [-0.3, -0.25) is 4.79 Å². The van der Waals surface area contributed by atoms with Crippen LogP contribution >= 0.6 is 0 Å². The van der Waals surface area contributed by atoms with Crippen LogP contribution in [0.3, 0.4) is 0 Å². The highest BCUT2D eigenvalue weighted by atomic mass is 28.4. The molecule has 37 heavy (non-hydrogen) atoms. The number of pyridine rings is 1. The zero-order valence-electron chi connectivity index (χ0n) is 22.7. The summed E-state index contributed by atoms with van der Waals surface area (Å²) < 4.78 is 12.3. The average molecular weight is 516 g/mol. The number of esters is 1.